The predicted octanol–water partition coefficient (Wildman–Crippen LogP) is 1.57. The molecule has 0 aliphatic carbocycles. The lowest BCUT2D eigenvalue weighted by molar-refractivity contribution is -0.161. The first-order valence-corrected chi connectivity index (χ1v) is 7.25. The fourth-order valence-corrected chi connectivity index (χ4v) is 2.57. The van der Waals surface area contributed by atoms with E-state index in [-0.39, 0.29) is 12.5 Å². The van der Waals surface area contributed by atoms with Gasteiger partial charge in [-0.1, -0.05) is 25.6 Å². The number of amidine groups is 1. The van der Waals surface area contributed by atoms with Crippen LogP contribution in [-0.2, 0) is 14.3 Å². The number of rotatable bonds is 5. The minimum absolute atomic E-state index is 0.281. The largest absolute Gasteiger partial charge is 0.465 e. The Morgan fingerprint density at radius 1 is 1.39 bits per heavy atom. The van der Waals surface area contributed by atoms with Gasteiger partial charge in [0, 0.05) is 5.75 Å². The Balaban J connectivity index is 2.81. The van der Waals surface area contributed by atoms with E-state index in [1.807, 2.05) is 13.8 Å². The molecule has 6 heteroatoms. The highest BCUT2D eigenvalue weighted by Crippen LogP contribution is 2.29. The summed E-state index contributed by atoms with van der Waals surface area (Å²) in [4.78, 5) is 28.5. The normalized spacial score (nSPS) is 15.2. The average molecular weight is 272 g/mol. The van der Waals surface area contributed by atoms with Crippen molar-refractivity contribution < 1.29 is 14.3 Å². The van der Waals surface area contributed by atoms with E-state index in [0.29, 0.717) is 24.6 Å². The third-order valence-corrected chi connectivity index (χ3v) is 4.01. The molecule has 0 aromatic carbocycles. The molecule has 0 atom stereocenters. The molecular formula is C12H20N2O3S. The van der Waals surface area contributed by atoms with Gasteiger partial charge >= 0.3 is 5.97 Å². The number of ether oxygens (including phenoxy) is 1. The molecule has 0 aromatic rings. The molecule has 1 aliphatic heterocycles. The molecule has 0 radical (unpaired) electrons. The Bertz CT molecular complexity index is 351. The fraction of sp³-hybridized carbons (Fsp3) is 0.750. The molecule has 1 heterocycles. The lowest BCUT2D eigenvalue weighted by atomic mass is 9.81. The van der Waals surface area contributed by atoms with E-state index in [4.69, 9.17) is 4.74 Å². The minimum Gasteiger partial charge on any atom is -0.465 e. The summed E-state index contributed by atoms with van der Waals surface area (Å²) in [5.41, 5.74) is -1.10. The molecule has 1 rings (SSSR count). The van der Waals surface area contributed by atoms with Gasteiger partial charge < -0.3 is 10.1 Å². The number of nitrogens with one attached hydrogen (secondary N) is 1. The highest BCUT2D eigenvalue weighted by molar-refractivity contribution is 8.14. The molecule has 0 saturated carbocycles. The van der Waals surface area contributed by atoms with Crippen LogP contribution in [0.15, 0.2) is 4.99 Å². The van der Waals surface area contributed by atoms with E-state index in [0.717, 1.165) is 5.75 Å². The first kappa shape index (κ1) is 15.0. The second-order valence-electron chi connectivity index (χ2n) is 4.00. The van der Waals surface area contributed by atoms with Crippen LogP contribution in [0.5, 0.6) is 0 Å². The van der Waals surface area contributed by atoms with Crippen LogP contribution in [0.1, 0.15) is 33.6 Å². The summed E-state index contributed by atoms with van der Waals surface area (Å²) in [7, 11) is 0. The van der Waals surface area contributed by atoms with Gasteiger partial charge in [-0.25, -0.2) is 0 Å². The van der Waals surface area contributed by atoms with Gasteiger partial charge in [-0.3, -0.25) is 14.6 Å². The Labute approximate surface area is 112 Å². The quantitative estimate of drug-likeness (QED) is 0.609. The van der Waals surface area contributed by atoms with Crippen molar-refractivity contribution in [3.05, 3.63) is 0 Å². The molecule has 0 bridgehead atoms. The molecular weight excluding hydrogens is 252 g/mol. The first-order valence-electron chi connectivity index (χ1n) is 6.26. The second kappa shape index (κ2) is 6.78. The maximum atomic E-state index is 12.3. The molecule has 0 unspecified atom stereocenters. The zero-order chi connectivity index (χ0) is 13.6. The zero-order valence-corrected chi connectivity index (χ0v) is 11.9. The van der Waals surface area contributed by atoms with E-state index >= 15 is 0 Å². The van der Waals surface area contributed by atoms with Crippen LogP contribution in [-0.4, -0.2) is 35.9 Å². The SMILES string of the molecule is CCOC(=O)C(CC)(CC)C(=O)NC1=NCCS1. The van der Waals surface area contributed by atoms with Crippen molar-refractivity contribution in [3.63, 3.8) is 0 Å². The van der Waals surface area contributed by atoms with Gasteiger partial charge in [0.25, 0.3) is 0 Å². The Hall–Kier alpha value is -1.04. The number of thioether (sulfide) groups is 1. The minimum atomic E-state index is -1.10. The van der Waals surface area contributed by atoms with E-state index < -0.39 is 11.4 Å². The van der Waals surface area contributed by atoms with Crippen molar-refractivity contribution in [1.29, 1.82) is 0 Å². The Morgan fingerprint density at radius 2 is 2.06 bits per heavy atom. The lowest BCUT2D eigenvalue weighted by Gasteiger charge is -2.27. The number of hydrogen-bond acceptors (Lipinski definition) is 5. The second-order valence-corrected chi connectivity index (χ2v) is 5.08. The first-order chi connectivity index (χ1) is 8.60. The molecule has 1 aliphatic rings. The number of carbonyl (C=O) groups excluding carboxylic acids is 2. The van der Waals surface area contributed by atoms with E-state index in [1.165, 1.54) is 11.8 Å². The molecule has 0 aromatic heterocycles. The number of carbonyl (C=O) groups is 2. The number of nitrogens with zero attached hydrogens (tertiary/aromatic N) is 1. The smallest absolute Gasteiger partial charge is 0.321 e. The molecule has 0 saturated heterocycles. The molecule has 102 valence electrons. The van der Waals surface area contributed by atoms with E-state index in [1.54, 1.807) is 6.92 Å². The van der Waals surface area contributed by atoms with Gasteiger partial charge in [-0.05, 0) is 19.8 Å². The van der Waals surface area contributed by atoms with Crippen molar-refractivity contribution in [2.45, 2.75) is 33.6 Å². The van der Waals surface area contributed by atoms with E-state index in [2.05, 4.69) is 10.3 Å². The van der Waals surface area contributed by atoms with Crippen molar-refractivity contribution in [3.8, 4) is 0 Å². The molecule has 5 nitrogen and oxygen atoms in total. The summed E-state index contributed by atoms with van der Waals surface area (Å²) in [5.74, 6) is 0.121. The summed E-state index contributed by atoms with van der Waals surface area (Å²) in [6.07, 6.45) is 0.845. The molecule has 0 fully saturated rings. The van der Waals surface area contributed by atoms with Gasteiger partial charge in [0.15, 0.2) is 5.17 Å². The fourth-order valence-electron chi connectivity index (χ4n) is 1.85. The summed E-state index contributed by atoms with van der Waals surface area (Å²) in [5, 5.41) is 3.34. The van der Waals surface area contributed by atoms with Crippen molar-refractivity contribution in [2.75, 3.05) is 18.9 Å². The van der Waals surface area contributed by atoms with Gasteiger partial charge in [0.2, 0.25) is 5.91 Å². The lowest BCUT2D eigenvalue weighted by Crippen LogP contribution is -2.48. The summed E-state index contributed by atoms with van der Waals surface area (Å²) in [6.45, 7) is 6.38. The number of hydrogen-bond donors (Lipinski definition) is 1. The summed E-state index contributed by atoms with van der Waals surface area (Å²) >= 11 is 1.50. The van der Waals surface area contributed by atoms with Crippen molar-refractivity contribution in [2.24, 2.45) is 10.4 Å². The van der Waals surface area contributed by atoms with Gasteiger partial charge in [-0.2, -0.15) is 0 Å². The standard InChI is InChI=1S/C12H20N2O3S/c1-4-12(5-2,10(16)17-6-3)9(15)14-11-13-7-8-18-11/h4-8H2,1-3H3,(H,13,14,15). The maximum Gasteiger partial charge on any atom is 0.321 e. The highest BCUT2D eigenvalue weighted by Gasteiger charge is 2.44. The average Bonchev–Trinajstić information content (AvgIpc) is 2.84. The Morgan fingerprint density at radius 3 is 2.50 bits per heavy atom. The van der Waals surface area contributed by atoms with Gasteiger partial charge in [0.05, 0.1) is 13.2 Å². The molecule has 18 heavy (non-hydrogen) atoms. The van der Waals surface area contributed by atoms with Gasteiger partial charge in [-0.15, -0.1) is 0 Å². The summed E-state index contributed by atoms with van der Waals surface area (Å²) < 4.78 is 5.03. The number of esters is 1. The third-order valence-electron chi connectivity index (χ3n) is 3.11. The highest BCUT2D eigenvalue weighted by atomic mass is 32.2. The van der Waals surface area contributed by atoms with E-state index in [9.17, 15) is 9.59 Å². The van der Waals surface area contributed by atoms with Crippen molar-refractivity contribution in [1.82, 2.24) is 5.32 Å². The van der Waals surface area contributed by atoms with Crippen LogP contribution in [0.4, 0.5) is 0 Å². The van der Waals surface area contributed by atoms with Crippen LogP contribution in [0.25, 0.3) is 0 Å². The monoisotopic (exact) mass is 272 g/mol. The zero-order valence-electron chi connectivity index (χ0n) is 11.1. The maximum absolute atomic E-state index is 12.3. The summed E-state index contributed by atoms with van der Waals surface area (Å²) in [6, 6.07) is 0. The molecule has 1 N–H and O–H groups in total. The number of aliphatic imine (C=N–C) groups is 1. The van der Waals surface area contributed by atoms with Crippen LogP contribution >= 0.6 is 11.8 Å². The topological polar surface area (TPSA) is 67.8 Å². The molecule has 0 spiro atoms. The predicted molar refractivity (Wildman–Crippen MR) is 72.6 cm³/mol. The van der Waals surface area contributed by atoms with Crippen LogP contribution < -0.4 is 5.32 Å². The Kier molecular flexibility index (Phi) is 5.65. The van der Waals surface area contributed by atoms with Crippen LogP contribution in [0, 0.1) is 5.41 Å². The molecule has 1 amide bonds. The van der Waals surface area contributed by atoms with Crippen molar-refractivity contribution >= 4 is 28.8 Å². The van der Waals surface area contributed by atoms with Gasteiger partial charge in [0.1, 0.15) is 5.41 Å². The third kappa shape index (κ3) is 3.04. The number of amides is 1. The van der Waals surface area contributed by atoms with Crippen LogP contribution in [0.2, 0.25) is 0 Å². The van der Waals surface area contributed by atoms with Crippen LogP contribution in [0.3, 0.4) is 0 Å².